The molecule has 0 radical (unpaired) electrons. The molecule has 2 rings (SSSR count). The van der Waals surface area contributed by atoms with Crippen molar-refractivity contribution in [3.8, 4) is 0 Å². The highest BCUT2D eigenvalue weighted by molar-refractivity contribution is 14.1. The van der Waals surface area contributed by atoms with Gasteiger partial charge in [-0.15, -0.1) is 22.7 Å². The van der Waals surface area contributed by atoms with Gasteiger partial charge in [0.25, 0.3) is 0 Å². The van der Waals surface area contributed by atoms with Crippen molar-refractivity contribution >= 4 is 45.3 Å². The number of aryl methyl sites for hydroxylation is 1. The van der Waals surface area contributed by atoms with Gasteiger partial charge in [-0.05, 0) is 41.0 Å². The first-order valence-corrected chi connectivity index (χ1v) is 6.93. The monoisotopic (exact) mass is 336 g/mol. The molecule has 0 aliphatic carbocycles. The van der Waals surface area contributed by atoms with Gasteiger partial charge < -0.3 is 5.73 Å². The minimum Gasteiger partial charge on any atom is -0.318 e. The Hall–Kier alpha value is 0.0200. The largest absolute Gasteiger partial charge is 0.318 e. The maximum absolute atomic E-state index is 6.12. The summed E-state index contributed by atoms with van der Waals surface area (Å²) in [7, 11) is 0. The lowest BCUT2D eigenvalue weighted by Gasteiger charge is -2.06. The van der Waals surface area contributed by atoms with Gasteiger partial charge in [-0.1, -0.05) is 0 Å². The topological polar surface area (TPSA) is 38.9 Å². The maximum atomic E-state index is 6.12. The smallest absolute Gasteiger partial charge is 0.0898 e. The summed E-state index contributed by atoms with van der Waals surface area (Å²) in [4.78, 5) is 5.61. The van der Waals surface area contributed by atoms with E-state index in [1.165, 1.54) is 8.45 Å². The second-order valence-corrected chi connectivity index (χ2v) is 6.07. The third-order valence-corrected chi connectivity index (χ3v) is 4.98. The van der Waals surface area contributed by atoms with Crippen LogP contribution in [-0.2, 0) is 0 Å². The number of halogens is 1. The van der Waals surface area contributed by atoms with Crippen molar-refractivity contribution < 1.29 is 0 Å². The average molecular weight is 336 g/mol. The molecule has 0 aliphatic heterocycles. The van der Waals surface area contributed by atoms with Crippen LogP contribution >= 0.6 is 45.3 Å². The Morgan fingerprint density at radius 3 is 2.79 bits per heavy atom. The number of nitrogens with two attached hydrogens (primary N) is 1. The van der Waals surface area contributed by atoms with Crippen LogP contribution in [0.25, 0.3) is 0 Å². The van der Waals surface area contributed by atoms with Crippen LogP contribution in [0.1, 0.15) is 21.6 Å². The summed E-state index contributed by atoms with van der Waals surface area (Å²) in [5, 5.41) is 5.17. The van der Waals surface area contributed by atoms with E-state index in [-0.39, 0.29) is 6.04 Å². The molecule has 2 aromatic rings. The SMILES string of the molecule is Cc1nc(C(N)c2sccc2I)cs1. The second kappa shape index (κ2) is 4.26. The molecule has 1 atom stereocenters. The van der Waals surface area contributed by atoms with Gasteiger partial charge in [-0.25, -0.2) is 4.98 Å². The van der Waals surface area contributed by atoms with Crippen LogP contribution in [0.5, 0.6) is 0 Å². The Labute approximate surface area is 104 Å². The normalized spacial score (nSPS) is 13.1. The van der Waals surface area contributed by atoms with Gasteiger partial charge in [-0.3, -0.25) is 0 Å². The Kier molecular flexibility index (Phi) is 3.20. The number of aromatic nitrogens is 1. The molecule has 2 nitrogen and oxygen atoms in total. The summed E-state index contributed by atoms with van der Waals surface area (Å²) in [6, 6.07) is 2.02. The van der Waals surface area contributed by atoms with Crippen molar-refractivity contribution in [1.29, 1.82) is 0 Å². The van der Waals surface area contributed by atoms with E-state index in [0.29, 0.717) is 0 Å². The van der Waals surface area contributed by atoms with Crippen LogP contribution in [0.4, 0.5) is 0 Å². The lowest BCUT2D eigenvalue weighted by Crippen LogP contribution is -2.11. The molecular weight excluding hydrogens is 327 g/mol. The molecule has 0 saturated carbocycles. The third-order valence-electron chi connectivity index (χ3n) is 1.88. The number of thiophene rings is 1. The number of hydrogen-bond acceptors (Lipinski definition) is 4. The molecule has 14 heavy (non-hydrogen) atoms. The summed E-state index contributed by atoms with van der Waals surface area (Å²) in [6.45, 7) is 2.00. The minimum atomic E-state index is -0.0631. The van der Waals surface area contributed by atoms with Crippen molar-refractivity contribution in [2.75, 3.05) is 0 Å². The highest BCUT2D eigenvalue weighted by atomic mass is 127. The summed E-state index contributed by atoms with van der Waals surface area (Å²) >= 11 is 5.65. The van der Waals surface area contributed by atoms with Crippen LogP contribution in [-0.4, -0.2) is 4.98 Å². The van der Waals surface area contributed by atoms with Crippen LogP contribution < -0.4 is 5.73 Å². The van der Waals surface area contributed by atoms with Crippen molar-refractivity contribution in [3.05, 3.63) is 36.0 Å². The zero-order valence-electron chi connectivity index (χ0n) is 7.53. The zero-order valence-corrected chi connectivity index (χ0v) is 11.3. The molecule has 0 spiro atoms. The maximum Gasteiger partial charge on any atom is 0.0898 e. The summed E-state index contributed by atoms with van der Waals surface area (Å²) in [6.07, 6.45) is 0. The fourth-order valence-electron chi connectivity index (χ4n) is 1.18. The Balaban J connectivity index is 2.33. The molecule has 5 heteroatoms. The lowest BCUT2D eigenvalue weighted by molar-refractivity contribution is 0.849. The molecule has 2 heterocycles. The van der Waals surface area contributed by atoms with Gasteiger partial charge >= 0.3 is 0 Å². The van der Waals surface area contributed by atoms with E-state index >= 15 is 0 Å². The van der Waals surface area contributed by atoms with Crippen molar-refractivity contribution in [2.24, 2.45) is 5.73 Å². The first-order chi connectivity index (χ1) is 6.68. The van der Waals surface area contributed by atoms with E-state index in [2.05, 4.69) is 39.0 Å². The average Bonchev–Trinajstić information content (AvgIpc) is 2.73. The number of hydrogen-bond donors (Lipinski definition) is 1. The van der Waals surface area contributed by atoms with E-state index in [1.807, 2.05) is 12.3 Å². The lowest BCUT2D eigenvalue weighted by atomic mass is 10.2. The first kappa shape index (κ1) is 10.5. The van der Waals surface area contributed by atoms with E-state index in [4.69, 9.17) is 5.73 Å². The zero-order chi connectivity index (χ0) is 10.1. The first-order valence-electron chi connectivity index (χ1n) is 4.09. The van der Waals surface area contributed by atoms with Gasteiger partial charge in [0.05, 0.1) is 16.7 Å². The van der Waals surface area contributed by atoms with Crippen LogP contribution in [0, 0.1) is 10.5 Å². The number of nitrogens with zero attached hydrogens (tertiary/aromatic N) is 1. The number of thiazole rings is 1. The summed E-state index contributed by atoms with van der Waals surface area (Å²) in [5.74, 6) is 0. The molecule has 0 bridgehead atoms. The van der Waals surface area contributed by atoms with Crippen molar-refractivity contribution in [1.82, 2.24) is 4.98 Å². The molecule has 0 aliphatic rings. The van der Waals surface area contributed by atoms with E-state index in [9.17, 15) is 0 Å². The summed E-state index contributed by atoms with van der Waals surface area (Å²) in [5.41, 5.74) is 7.10. The quantitative estimate of drug-likeness (QED) is 0.856. The number of rotatable bonds is 2. The molecule has 2 N–H and O–H groups in total. The Morgan fingerprint density at radius 1 is 1.50 bits per heavy atom. The van der Waals surface area contributed by atoms with Crippen LogP contribution in [0.3, 0.4) is 0 Å². The summed E-state index contributed by atoms with van der Waals surface area (Å²) < 4.78 is 1.23. The fourth-order valence-corrected chi connectivity index (χ4v) is 3.77. The molecule has 74 valence electrons. The van der Waals surface area contributed by atoms with Gasteiger partial charge in [0.1, 0.15) is 0 Å². The van der Waals surface area contributed by atoms with E-state index in [0.717, 1.165) is 10.7 Å². The molecule has 0 saturated heterocycles. The van der Waals surface area contributed by atoms with Gasteiger partial charge in [-0.2, -0.15) is 0 Å². The predicted molar refractivity (Wildman–Crippen MR) is 69.9 cm³/mol. The molecule has 1 unspecified atom stereocenters. The van der Waals surface area contributed by atoms with Gasteiger partial charge in [0, 0.05) is 13.8 Å². The van der Waals surface area contributed by atoms with Crippen LogP contribution in [0.2, 0.25) is 0 Å². The van der Waals surface area contributed by atoms with E-state index < -0.39 is 0 Å². The Bertz CT molecular complexity index is 435. The third kappa shape index (κ3) is 2.00. The predicted octanol–water partition coefficient (Wildman–Crippen LogP) is 3.17. The standard InChI is InChI=1S/C9H9IN2S2/c1-5-12-7(4-14-5)8(11)9-6(10)2-3-13-9/h2-4,8H,11H2,1H3. The van der Waals surface area contributed by atoms with Crippen molar-refractivity contribution in [2.45, 2.75) is 13.0 Å². The molecule has 0 amide bonds. The van der Waals surface area contributed by atoms with E-state index in [1.54, 1.807) is 22.7 Å². The molecule has 2 aromatic heterocycles. The molecule has 0 fully saturated rings. The molecular formula is C9H9IN2S2. The van der Waals surface area contributed by atoms with Crippen LogP contribution in [0.15, 0.2) is 16.8 Å². The van der Waals surface area contributed by atoms with Gasteiger partial charge in [0.2, 0.25) is 0 Å². The Morgan fingerprint density at radius 2 is 2.29 bits per heavy atom. The highest BCUT2D eigenvalue weighted by Crippen LogP contribution is 2.29. The van der Waals surface area contributed by atoms with Crippen molar-refractivity contribution in [3.63, 3.8) is 0 Å². The second-order valence-electron chi connectivity index (χ2n) is 2.90. The minimum absolute atomic E-state index is 0.0631. The highest BCUT2D eigenvalue weighted by Gasteiger charge is 2.15. The molecule has 0 aromatic carbocycles. The fraction of sp³-hybridized carbons (Fsp3) is 0.222. The van der Waals surface area contributed by atoms with Gasteiger partial charge in [0.15, 0.2) is 0 Å².